The van der Waals surface area contributed by atoms with Crippen molar-refractivity contribution in [2.45, 2.75) is 37.8 Å². The van der Waals surface area contributed by atoms with E-state index in [0.29, 0.717) is 16.1 Å². The summed E-state index contributed by atoms with van der Waals surface area (Å²) in [4.78, 5) is 4.03. The van der Waals surface area contributed by atoms with E-state index >= 15 is 8.78 Å². The summed E-state index contributed by atoms with van der Waals surface area (Å²) in [6.45, 7) is 3.39. The molecule has 0 unspecified atom stereocenters. The zero-order valence-electron chi connectivity index (χ0n) is 18.2. The second kappa shape index (κ2) is 8.66. The molecule has 0 radical (unpaired) electrons. The number of alkyl halides is 2. The van der Waals surface area contributed by atoms with Gasteiger partial charge in [0.25, 0.3) is 0 Å². The first-order valence-electron chi connectivity index (χ1n) is 9.91. The fourth-order valence-corrected chi connectivity index (χ4v) is 4.04. The molecule has 33 heavy (non-hydrogen) atoms. The normalized spacial score (nSPS) is 21.6. The van der Waals surface area contributed by atoms with Crippen molar-refractivity contribution >= 4 is 29.8 Å². The zero-order chi connectivity index (χ0) is 23.3. The molecule has 0 aliphatic carbocycles. The van der Waals surface area contributed by atoms with Gasteiger partial charge in [0.1, 0.15) is 23.9 Å². The lowest BCUT2D eigenvalue weighted by Crippen LogP contribution is -2.56. The SMILES string of the molecule is CC1(C)OCC(N)=N[C@](C)(c2cc(-c3cnn(-c4cccc(Cl)c4)c3)ccc2F)C1(F)F.Cl. The van der Waals surface area contributed by atoms with E-state index in [1.54, 1.807) is 35.3 Å². The Morgan fingerprint density at radius 2 is 1.82 bits per heavy atom. The smallest absolute Gasteiger partial charge is 0.304 e. The van der Waals surface area contributed by atoms with Crippen molar-refractivity contribution in [2.75, 3.05) is 6.61 Å². The van der Waals surface area contributed by atoms with Gasteiger partial charge in [0.15, 0.2) is 5.54 Å². The second-order valence-electron chi connectivity index (χ2n) is 8.40. The summed E-state index contributed by atoms with van der Waals surface area (Å²) < 4.78 is 53.1. The first kappa shape index (κ1) is 25.1. The molecule has 5 nitrogen and oxygen atoms in total. The summed E-state index contributed by atoms with van der Waals surface area (Å²) in [6.07, 6.45) is 3.27. The Morgan fingerprint density at radius 1 is 1.09 bits per heavy atom. The highest BCUT2D eigenvalue weighted by Gasteiger charge is 2.63. The van der Waals surface area contributed by atoms with Gasteiger partial charge < -0.3 is 10.5 Å². The summed E-state index contributed by atoms with van der Waals surface area (Å²) >= 11 is 6.05. The van der Waals surface area contributed by atoms with Gasteiger partial charge in [-0.25, -0.2) is 17.9 Å². The van der Waals surface area contributed by atoms with Gasteiger partial charge in [0, 0.05) is 22.3 Å². The van der Waals surface area contributed by atoms with Crippen LogP contribution in [-0.4, -0.2) is 33.7 Å². The maximum absolute atomic E-state index is 15.6. The van der Waals surface area contributed by atoms with Crippen LogP contribution in [0, 0.1) is 5.82 Å². The summed E-state index contributed by atoms with van der Waals surface area (Å²) in [5.41, 5.74) is 3.17. The molecule has 10 heteroatoms. The van der Waals surface area contributed by atoms with Crippen molar-refractivity contribution in [1.82, 2.24) is 9.78 Å². The molecule has 0 saturated heterocycles. The molecule has 0 amide bonds. The Kier molecular flexibility index (Phi) is 6.59. The molecule has 0 saturated carbocycles. The lowest BCUT2D eigenvalue weighted by Gasteiger charge is -2.42. The van der Waals surface area contributed by atoms with Gasteiger partial charge in [-0.2, -0.15) is 5.10 Å². The number of hydrogen-bond acceptors (Lipinski definition) is 4. The number of amidine groups is 1. The Bertz CT molecular complexity index is 1210. The number of nitrogens with zero attached hydrogens (tertiary/aromatic N) is 3. The Hall–Kier alpha value is -2.55. The van der Waals surface area contributed by atoms with Gasteiger partial charge >= 0.3 is 5.92 Å². The molecule has 2 N–H and O–H groups in total. The number of benzene rings is 2. The van der Waals surface area contributed by atoms with Crippen LogP contribution in [0.5, 0.6) is 0 Å². The molecule has 1 aliphatic rings. The highest BCUT2D eigenvalue weighted by atomic mass is 35.5. The molecule has 0 fully saturated rings. The molecule has 0 spiro atoms. The number of hydrogen-bond donors (Lipinski definition) is 1. The maximum atomic E-state index is 15.6. The van der Waals surface area contributed by atoms with Gasteiger partial charge in [-0.1, -0.05) is 23.7 Å². The molecule has 1 aromatic heterocycles. The average Bonchev–Trinajstić information content (AvgIpc) is 3.20. The van der Waals surface area contributed by atoms with Crippen molar-refractivity contribution in [3.05, 3.63) is 71.3 Å². The van der Waals surface area contributed by atoms with Crippen molar-refractivity contribution in [3.8, 4) is 16.8 Å². The van der Waals surface area contributed by atoms with Crippen LogP contribution in [0.2, 0.25) is 5.02 Å². The lowest BCUT2D eigenvalue weighted by atomic mass is 9.77. The van der Waals surface area contributed by atoms with Gasteiger partial charge in [-0.3, -0.25) is 4.99 Å². The second-order valence-corrected chi connectivity index (χ2v) is 8.83. The van der Waals surface area contributed by atoms with E-state index in [1.807, 2.05) is 6.07 Å². The summed E-state index contributed by atoms with van der Waals surface area (Å²) in [5, 5.41) is 4.86. The predicted molar refractivity (Wildman–Crippen MR) is 125 cm³/mol. The van der Waals surface area contributed by atoms with Crippen molar-refractivity contribution in [3.63, 3.8) is 0 Å². The predicted octanol–water partition coefficient (Wildman–Crippen LogP) is 5.77. The first-order chi connectivity index (χ1) is 14.9. The fourth-order valence-electron chi connectivity index (χ4n) is 3.86. The summed E-state index contributed by atoms with van der Waals surface area (Å²) in [5.74, 6) is -4.50. The third-order valence-electron chi connectivity index (χ3n) is 5.80. The molecule has 4 rings (SSSR count). The van der Waals surface area contributed by atoms with Crippen LogP contribution < -0.4 is 5.73 Å². The Labute approximate surface area is 200 Å². The molecule has 2 aromatic carbocycles. The maximum Gasteiger partial charge on any atom is 0.304 e. The van der Waals surface area contributed by atoms with Gasteiger partial charge in [-0.05, 0) is 56.7 Å². The molecular weight excluding hydrogens is 476 g/mol. The van der Waals surface area contributed by atoms with E-state index in [2.05, 4.69) is 10.1 Å². The van der Waals surface area contributed by atoms with Crippen LogP contribution in [0.3, 0.4) is 0 Å². The minimum atomic E-state index is -3.56. The van der Waals surface area contributed by atoms with E-state index in [1.165, 1.54) is 32.9 Å². The van der Waals surface area contributed by atoms with Crippen LogP contribution in [0.4, 0.5) is 13.2 Å². The van der Waals surface area contributed by atoms with Crippen LogP contribution in [0.25, 0.3) is 16.8 Å². The van der Waals surface area contributed by atoms with Crippen LogP contribution in [-0.2, 0) is 10.3 Å². The van der Waals surface area contributed by atoms with Crippen molar-refractivity contribution in [1.29, 1.82) is 0 Å². The number of aliphatic imine (C=N–C) groups is 1. The third-order valence-corrected chi connectivity index (χ3v) is 6.03. The van der Waals surface area contributed by atoms with Crippen LogP contribution in [0.15, 0.2) is 59.9 Å². The molecule has 1 aliphatic heterocycles. The molecule has 2 heterocycles. The van der Waals surface area contributed by atoms with Crippen molar-refractivity contribution in [2.24, 2.45) is 10.7 Å². The molecular formula is C23H23Cl2F3N4O. The van der Waals surface area contributed by atoms with Crippen LogP contribution in [0.1, 0.15) is 26.3 Å². The average molecular weight is 499 g/mol. The third kappa shape index (κ3) is 4.23. The number of halogens is 5. The van der Waals surface area contributed by atoms with Gasteiger partial charge in [-0.15, -0.1) is 12.4 Å². The number of aromatic nitrogens is 2. The van der Waals surface area contributed by atoms with Crippen molar-refractivity contribution < 1.29 is 17.9 Å². The standard InChI is InChI=1S/C23H22ClF3N4O.ClH/c1-21(2)23(26,27)22(3,30-20(28)13-32-21)18-9-14(7-8-19(18)25)15-11-29-31(12-15)17-6-4-5-16(24)10-17;/h4-12H,13H2,1-3H3,(H2,28,30);1H/t22-;/m1./s1. The van der Waals surface area contributed by atoms with E-state index in [-0.39, 0.29) is 30.4 Å². The highest BCUT2D eigenvalue weighted by molar-refractivity contribution is 6.30. The number of nitrogens with two attached hydrogens (primary N) is 1. The van der Waals surface area contributed by atoms with E-state index in [9.17, 15) is 4.39 Å². The minimum Gasteiger partial charge on any atom is -0.385 e. The largest absolute Gasteiger partial charge is 0.385 e. The van der Waals surface area contributed by atoms with Crippen LogP contribution >= 0.6 is 24.0 Å². The molecule has 3 aromatic rings. The Balaban J connectivity index is 0.00000306. The monoisotopic (exact) mass is 498 g/mol. The van der Waals surface area contributed by atoms with E-state index in [0.717, 1.165) is 11.8 Å². The Morgan fingerprint density at radius 3 is 2.52 bits per heavy atom. The first-order valence-corrected chi connectivity index (χ1v) is 10.3. The van der Waals surface area contributed by atoms with Gasteiger partial charge in [0.2, 0.25) is 0 Å². The number of rotatable bonds is 3. The molecule has 1 atom stereocenters. The minimum absolute atomic E-state index is 0. The van der Waals surface area contributed by atoms with E-state index in [4.69, 9.17) is 22.1 Å². The lowest BCUT2D eigenvalue weighted by molar-refractivity contribution is -0.214. The van der Waals surface area contributed by atoms with E-state index < -0.39 is 22.9 Å². The zero-order valence-corrected chi connectivity index (χ0v) is 19.7. The number of ether oxygens (including phenoxy) is 1. The molecule has 176 valence electrons. The topological polar surface area (TPSA) is 65.4 Å². The summed E-state index contributed by atoms with van der Waals surface area (Å²) in [6, 6.07) is 11.1. The highest BCUT2D eigenvalue weighted by Crippen LogP contribution is 2.51. The summed E-state index contributed by atoms with van der Waals surface area (Å²) in [7, 11) is 0. The quantitative estimate of drug-likeness (QED) is 0.498. The fraction of sp³-hybridized carbons (Fsp3) is 0.304. The molecule has 0 bridgehead atoms. The van der Waals surface area contributed by atoms with Gasteiger partial charge in [0.05, 0.1) is 11.9 Å².